The molecule has 2 aromatic carbocycles. The first kappa shape index (κ1) is 13.0. The third kappa shape index (κ3) is 2.86. The summed E-state index contributed by atoms with van der Waals surface area (Å²) in [6, 6.07) is 12.8. The number of nitriles is 1. The Bertz CT molecular complexity index is 635. The number of nitrogen functional groups attached to an aromatic ring is 1. The van der Waals surface area contributed by atoms with Crippen LogP contribution in [0.25, 0.3) is 0 Å². The Hall–Kier alpha value is -1.45. The fraction of sp³-hybridized carbons (Fsp3) is 0. The molecule has 0 aliphatic carbocycles. The van der Waals surface area contributed by atoms with Gasteiger partial charge in [-0.3, -0.25) is 0 Å². The topological polar surface area (TPSA) is 61.8 Å². The molecule has 0 atom stereocenters. The summed E-state index contributed by atoms with van der Waals surface area (Å²) in [5.74, 6) is 0. The minimum absolute atomic E-state index is 0.541. The maximum Gasteiger partial charge on any atom is 0.0992 e. The lowest BCUT2D eigenvalue weighted by atomic mass is 10.2. The Morgan fingerprint density at radius 2 is 1.89 bits per heavy atom. The van der Waals surface area contributed by atoms with E-state index < -0.39 is 0 Å². The molecule has 0 aliphatic heterocycles. The maximum atomic E-state index is 8.78. The van der Waals surface area contributed by atoms with Gasteiger partial charge in [0, 0.05) is 8.59 Å². The second-order valence-corrected chi connectivity index (χ2v) is 5.26. The monoisotopic (exact) mass is 369 g/mol. The van der Waals surface area contributed by atoms with Crippen molar-refractivity contribution in [3.05, 3.63) is 50.6 Å². The van der Waals surface area contributed by atoms with Gasteiger partial charge in [0.2, 0.25) is 0 Å². The van der Waals surface area contributed by atoms with Gasteiger partial charge in [-0.2, -0.15) is 5.26 Å². The lowest BCUT2D eigenvalue weighted by Crippen LogP contribution is -1.98. The smallest absolute Gasteiger partial charge is 0.0992 e. The number of rotatable bonds is 2. The van der Waals surface area contributed by atoms with Gasteiger partial charge in [-0.05, 0) is 59.0 Å². The van der Waals surface area contributed by atoms with Crippen molar-refractivity contribution in [2.24, 2.45) is 0 Å². The van der Waals surface area contributed by atoms with Crippen LogP contribution < -0.4 is 11.1 Å². The van der Waals surface area contributed by atoms with E-state index in [1.54, 1.807) is 18.2 Å². The Balaban J connectivity index is 2.32. The van der Waals surface area contributed by atoms with E-state index in [1.807, 2.05) is 18.2 Å². The summed E-state index contributed by atoms with van der Waals surface area (Å²) in [6.07, 6.45) is 0. The molecule has 0 amide bonds. The zero-order chi connectivity index (χ0) is 13.1. The number of halogens is 2. The molecular formula is C13H9ClIN3. The second-order valence-electron chi connectivity index (χ2n) is 3.66. The number of nitrogens with one attached hydrogen (secondary N) is 1. The Morgan fingerprint density at radius 3 is 2.50 bits per heavy atom. The summed E-state index contributed by atoms with van der Waals surface area (Å²) in [7, 11) is 0. The zero-order valence-corrected chi connectivity index (χ0v) is 12.2. The van der Waals surface area contributed by atoms with Crippen molar-refractivity contribution < 1.29 is 0 Å². The number of nitrogens with zero attached hydrogens (tertiary/aromatic N) is 1. The number of anilines is 3. The van der Waals surface area contributed by atoms with Crippen LogP contribution in [-0.2, 0) is 0 Å². The highest BCUT2D eigenvalue weighted by molar-refractivity contribution is 14.1. The molecule has 0 bridgehead atoms. The minimum Gasteiger partial charge on any atom is -0.397 e. The van der Waals surface area contributed by atoms with Crippen molar-refractivity contribution in [1.82, 2.24) is 0 Å². The van der Waals surface area contributed by atoms with Crippen LogP contribution in [-0.4, -0.2) is 0 Å². The summed E-state index contributed by atoms with van der Waals surface area (Å²) in [5.41, 5.74) is 8.67. The first-order chi connectivity index (χ1) is 8.60. The molecule has 3 N–H and O–H groups in total. The molecule has 0 heterocycles. The van der Waals surface area contributed by atoms with Gasteiger partial charge in [0.15, 0.2) is 0 Å². The predicted octanol–water partition coefficient (Wildman–Crippen LogP) is 4.14. The Kier molecular flexibility index (Phi) is 3.94. The van der Waals surface area contributed by atoms with Crippen LogP contribution in [0.5, 0.6) is 0 Å². The van der Waals surface area contributed by atoms with Gasteiger partial charge in [-0.1, -0.05) is 11.6 Å². The number of hydrogen-bond donors (Lipinski definition) is 2. The van der Waals surface area contributed by atoms with E-state index >= 15 is 0 Å². The first-order valence-corrected chi connectivity index (χ1v) is 6.57. The fourth-order valence-electron chi connectivity index (χ4n) is 1.48. The molecule has 2 rings (SSSR count). The molecule has 0 saturated carbocycles. The number of hydrogen-bond acceptors (Lipinski definition) is 3. The van der Waals surface area contributed by atoms with E-state index in [9.17, 15) is 0 Å². The average Bonchev–Trinajstić information content (AvgIpc) is 2.34. The van der Waals surface area contributed by atoms with Gasteiger partial charge in [0.1, 0.15) is 0 Å². The lowest BCUT2D eigenvalue weighted by Gasteiger charge is -2.11. The van der Waals surface area contributed by atoms with Crippen molar-refractivity contribution in [3.63, 3.8) is 0 Å². The first-order valence-electron chi connectivity index (χ1n) is 5.12. The molecule has 0 aliphatic rings. The molecule has 18 heavy (non-hydrogen) atoms. The van der Waals surface area contributed by atoms with Crippen LogP contribution in [0.15, 0.2) is 36.4 Å². The standard InChI is InChI=1S/C13H9ClIN3/c14-9-2-4-12(10(15)6-9)18-13-3-1-8(7-16)5-11(13)17/h1-6,18H,17H2. The molecule has 0 fully saturated rings. The van der Waals surface area contributed by atoms with Crippen molar-refractivity contribution in [2.45, 2.75) is 0 Å². The summed E-state index contributed by atoms with van der Waals surface area (Å²) in [5, 5.41) is 12.7. The van der Waals surface area contributed by atoms with E-state index in [2.05, 4.69) is 34.0 Å². The van der Waals surface area contributed by atoms with Gasteiger partial charge >= 0.3 is 0 Å². The van der Waals surface area contributed by atoms with Gasteiger partial charge in [-0.25, -0.2) is 0 Å². The van der Waals surface area contributed by atoms with E-state index in [0.717, 1.165) is 14.9 Å². The predicted molar refractivity (Wildman–Crippen MR) is 83.0 cm³/mol. The number of benzene rings is 2. The van der Waals surface area contributed by atoms with Crippen molar-refractivity contribution >= 4 is 51.3 Å². The van der Waals surface area contributed by atoms with Gasteiger partial charge in [-0.15, -0.1) is 0 Å². The van der Waals surface area contributed by atoms with Crippen molar-refractivity contribution in [2.75, 3.05) is 11.1 Å². The van der Waals surface area contributed by atoms with Crippen LogP contribution in [0.1, 0.15) is 5.56 Å². The lowest BCUT2D eigenvalue weighted by molar-refractivity contribution is 1.47. The van der Waals surface area contributed by atoms with Gasteiger partial charge in [0.05, 0.1) is 28.7 Å². The molecule has 3 nitrogen and oxygen atoms in total. The van der Waals surface area contributed by atoms with E-state index in [-0.39, 0.29) is 0 Å². The largest absolute Gasteiger partial charge is 0.397 e. The maximum absolute atomic E-state index is 8.78. The molecule has 0 unspecified atom stereocenters. The van der Waals surface area contributed by atoms with E-state index in [1.165, 1.54) is 0 Å². The SMILES string of the molecule is N#Cc1ccc(Nc2ccc(Cl)cc2I)c(N)c1. The highest BCUT2D eigenvalue weighted by atomic mass is 127. The molecular weight excluding hydrogens is 361 g/mol. The van der Waals surface area contributed by atoms with Gasteiger partial charge < -0.3 is 11.1 Å². The molecule has 0 radical (unpaired) electrons. The third-order valence-electron chi connectivity index (χ3n) is 2.38. The normalized spacial score (nSPS) is 9.83. The Morgan fingerprint density at radius 1 is 1.17 bits per heavy atom. The summed E-state index contributed by atoms with van der Waals surface area (Å²) >= 11 is 8.10. The molecule has 90 valence electrons. The molecule has 0 saturated heterocycles. The minimum atomic E-state index is 0.541. The van der Waals surface area contributed by atoms with Crippen LogP contribution in [0.4, 0.5) is 17.1 Å². The summed E-state index contributed by atoms with van der Waals surface area (Å²) in [4.78, 5) is 0. The van der Waals surface area contributed by atoms with E-state index in [0.29, 0.717) is 16.3 Å². The average molecular weight is 370 g/mol. The van der Waals surface area contributed by atoms with Gasteiger partial charge in [0.25, 0.3) is 0 Å². The van der Waals surface area contributed by atoms with Crippen LogP contribution >= 0.6 is 34.2 Å². The quantitative estimate of drug-likeness (QED) is 0.618. The summed E-state index contributed by atoms with van der Waals surface area (Å²) in [6.45, 7) is 0. The highest BCUT2D eigenvalue weighted by Crippen LogP contribution is 2.28. The highest BCUT2D eigenvalue weighted by Gasteiger charge is 2.04. The third-order valence-corrected chi connectivity index (χ3v) is 3.51. The fourth-order valence-corrected chi connectivity index (χ4v) is 2.49. The second kappa shape index (κ2) is 5.46. The van der Waals surface area contributed by atoms with E-state index in [4.69, 9.17) is 22.6 Å². The van der Waals surface area contributed by atoms with Crippen LogP contribution in [0.2, 0.25) is 5.02 Å². The molecule has 0 aromatic heterocycles. The molecule has 0 spiro atoms. The summed E-state index contributed by atoms with van der Waals surface area (Å²) < 4.78 is 1.00. The molecule has 5 heteroatoms. The van der Waals surface area contributed by atoms with Crippen LogP contribution in [0, 0.1) is 14.9 Å². The van der Waals surface area contributed by atoms with Crippen LogP contribution in [0.3, 0.4) is 0 Å². The Labute approximate surface area is 124 Å². The number of nitrogens with two attached hydrogens (primary N) is 1. The van der Waals surface area contributed by atoms with Crippen molar-refractivity contribution in [1.29, 1.82) is 5.26 Å². The van der Waals surface area contributed by atoms with Crippen molar-refractivity contribution in [3.8, 4) is 6.07 Å². The molecule has 2 aromatic rings. The zero-order valence-electron chi connectivity index (χ0n) is 9.24.